The summed E-state index contributed by atoms with van der Waals surface area (Å²) in [5.41, 5.74) is 0. The lowest BCUT2D eigenvalue weighted by Crippen LogP contribution is -2.50. The van der Waals surface area contributed by atoms with Crippen molar-refractivity contribution >= 4 is 0 Å². The second-order valence-electron chi connectivity index (χ2n) is 20.0. The lowest BCUT2D eigenvalue weighted by Gasteiger charge is -2.30. The Hall–Kier alpha value is -0.560. The molecular weight excluding hydrogens is 869 g/mol. The highest BCUT2D eigenvalue weighted by atomic mass is 16.5. The highest BCUT2D eigenvalue weighted by Gasteiger charge is 2.32. The third-order valence-electron chi connectivity index (χ3n) is 13.7. The average molecular weight is 981 g/mol. The Balaban J connectivity index is 4.69. The molecule has 8 atom stereocenters. The highest BCUT2D eigenvalue weighted by molar-refractivity contribution is 4.84. The van der Waals surface area contributed by atoms with Crippen LogP contribution in [0.3, 0.4) is 0 Å². The van der Waals surface area contributed by atoms with E-state index in [-0.39, 0.29) is 13.1 Å². The van der Waals surface area contributed by atoms with Crippen LogP contribution in [0.5, 0.6) is 0 Å². The van der Waals surface area contributed by atoms with E-state index < -0.39 is 62.0 Å². The summed E-state index contributed by atoms with van der Waals surface area (Å²) >= 11 is 0. The van der Waals surface area contributed by atoms with Crippen LogP contribution in [0.1, 0.15) is 219 Å². The summed E-state index contributed by atoms with van der Waals surface area (Å²) in [6, 6.07) is 0. The average Bonchev–Trinajstić information content (AvgIpc) is 3.34. The Morgan fingerprint density at radius 1 is 0.279 bits per heavy atom. The van der Waals surface area contributed by atoms with E-state index >= 15 is 0 Å². The van der Waals surface area contributed by atoms with Crippen molar-refractivity contribution in [1.29, 1.82) is 0 Å². The molecule has 0 aromatic heterocycles. The van der Waals surface area contributed by atoms with E-state index in [4.69, 9.17) is 9.47 Å². The fourth-order valence-corrected chi connectivity index (χ4v) is 8.94. The molecule has 0 amide bonds. The van der Waals surface area contributed by atoms with Gasteiger partial charge in [-0.25, -0.2) is 0 Å². The minimum Gasteiger partial charge on any atom is -0.394 e. The van der Waals surface area contributed by atoms with Gasteiger partial charge in [0.05, 0.1) is 51.8 Å². The summed E-state index contributed by atoms with van der Waals surface area (Å²) in [5.74, 6) is 0. The Bertz CT molecular complexity index is 932. The summed E-state index contributed by atoms with van der Waals surface area (Å²) in [7, 11) is 0. The number of ether oxygens (including phenoxy) is 2. The van der Waals surface area contributed by atoms with Crippen LogP contribution in [-0.2, 0) is 9.47 Å². The maximum atomic E-state index is 10.7. The zero-order valence-electron chi connectivity index (χ0n) is 43.9. The maximum absolute atomic E-state index is 10.7. The predicted octanol–water partition coefficient (Wildman–Crippen LogP) is 7.02. The summed E-state index contributed by atoms with van der Waals surface area (Å²) in [4.78, 5) is 3.98. The number of aliphatic hydroxyl groups excluding tert-OH is 10. The second kappa shape index (κ2) is 50.0. The zero-order valence-corrected chi connectivity index (χ0v) is 43.9. The van der Waals surface area contributed by atoms with Gasteiger partial charge >= 0.3 is 0 Å². The van der Waals surface area contributed by atoms with Crippen molar-refractivity contribution < 1.29 is 60.5 Å². The number of unbranched alkanes of at least 4 members (excludes halogenated alkanes) is 30. The third kappa shape index (κ3) is 40.0. The predicted molar refractivity (Wildman–Crippen MR) is 276 cm³/mol. The molecule has 0 aliphatic rings. The van der Waals surface area contributed by atoms with Crippen molar-refractivity contribution in [1.82, 2.24) is 9.80 Å². The minimum atomic E-state index is -1.68. The molecule has 0 saturated heterocycles. The molecule has 0 unspecified atom stereocenters. The monoisotopic (exact) mass is 981 g/mol. The first-order chi connectivity index (χ1) is 33.0. The summed E-state index contributed by atoms with van der Waals surface area (Å²) in [6.07, 6.45) is 28.4. The molecule has 0 bridgehead atoms. The van der Waals surface area contributed by atoms with Gasteiger partial charge in [0.1, 0.15) is 36.6 Å². The SMILES string of the molecule is CCCCCCCCCCCCCCCCCCN(CCOCCOCCN(CCCCCCCCCCCCCCCCCC)C[C@H](O)[C@@H](O)[C@H](O)[C@H](O)CO)C[C@H](O)[C@@H](O)[C@H](O)[C@H](O)CO. The van der Waals surface area contributed by atoms with Crippen molar-refractivity contribution in [2.75, 3.05) is 78.9 Å². The van der Waals surface area contributed by atoms with Gasteiger partial charge in [-0.3, -0.25) is 9.80 Å². The van der Waals surface area contributed by atoms with Crippen LogP contribution in [0.4, 0.5) is 0 Å². The van der Waals surface area contributed by atoms with Gasteiger partial charge in [-0.1, -0.05) is 206 Å². The van der Waals surface area contributed by atoms with Crippen molar-refractivity contribution in [3.8, 4) is 0 Å². The molecule has 0 aliphatic carbocycles. The first-order valence-electron chi connectivity index (χ1n) is 28.3. The van der Waals surface area contributed by atoms with Crippen molar-refractivity contribution in [3.05, 3.63) is 0 Å². The van der Waals surface area contributed by atoms with Crippen molar-refractivity contribution in [2.45, 2.75) is 268 Å². The molecule has 0 aromatic carbocycles. The van der Waals surface area contributed by atoms with Crippen molar-refractivity contribution in [2.24, 2.45) is 0 Å². The molecular formula is C54H112N2O12. The Kier molecular flexibility index (Phi) is 49.6. The molecule has 0 spiro atoms. The second-order valence-corrected chi connectivity index (χ2v) is 20.0. The maximum Gasteiger partial charge on any atom is 0.111 e. The van der Waals surface area contributed by atoms with E-state index in [1.165, 1.54) is 167 Å². The topological polar surface area (TPSA) is 227 Å². The molecule has 410 valence electrons. The minimum absolute atomic E-state index is 0.0702. The molecule has 0 saturated carbocycles. The van der Waals surface area contributed by atoms with Crippen LogP contribution in [-0.4, -0.2) is 189 Å². The Labute approximate surface area is 416 Å². The number of hydrogen-bond acceptors (Lipinski definition) is 14. The summed E-state index contributed by atoms with van der Waals surface area (Å²) in [6.45, 7) is 6.85. The quantitative estimate of drug-likeness (QED) is 0.0277. The molecule has 0 aromatic rings. The molecule has 14 heteroatoms. The van der Waals surface area contributed by atoms with Gasteiger partial charge in [0.2, 0.25) is 0 Å². The highest BCUT2D eigenvalue weighted by Crippen LogP contribution is 2.17. The van der Waals surface area contributed by atoms with Gasteiger partial charge in [0, 0.05) is 26.2 Å². The first-order valence-corrected chi connectivity index (χ1v) is 28.3. The van der Waals surface area contributed by atoms with E-state index in [0.29, 0.717) is 52.6 Å². The molecule has 14 nitrogen and oxygen atoms in total. The first kappa shape index (κ1) is 67.4. The Morgan fingerprint density at radius 3 is 0.735 bits per heavy atom. The largest absolute Gasteiger partial charge is 0.394 e. The van der Waals surface area contributed by atoms with Gasteiger partial charge in [0.15, 0.2) is 0 Å². The number of rotatable bonds is 55. The van der Waals surface area contributed by atoms with Gasteiger partial charge in [-0.05, 0) is 25.9 Å². The fourth-order valence-electron chi connectivity index (χ4n) is 8.94. The van der Waals surface area contributed by atoms with E-state index in [9.17, 15) is 51.1 Å². The van der Waals surface area contributed by atoms with Gasteiger partial charge < -0.3 is 60.5 Å². The summed E-state index contributed by atoms with van der Waals surface area (Å²) < 4.78 is 11.8. The van der Waals surface area contributed by atoms with E-state index in [2.05, 4.69) is 13.8 Å². The number of hydrogen-bond donors (Lipinski definition) is 10. The van der Waals surface area contributed by atoms with Gasteiger partial charge in [-0.2, -0.15) is 0 Å². The van der Waals surface area contributed by atoms with Crippen LogP contribution in [0.15, 0.2) is 0 Å². The molecule has 0 fully saturated rings. The van der Waals surface area contributed by atoms with Crippen LogP contribution in [0.2, 0.25) is 0 Å². The van der Waals surface area contributed by atoms with Crippen LogP contribution in [0.25, 0.3) is 0 Å². The van der Waals surface area contributed by atoms with Gasteiger partial charge in [-0.15, -0.1) is 0 Å². The lowest BCUT2D eigenvalue weighted by atomic mass is 10.0. The smallest absolute Gasteiger partial charge is 0.111 e. The fraction of sp³-hybridized carbons (Fsp3) is 1.00. The zero-order chi connectivity index (χ0) is 50.3. The number of nitrogens with zero attached hydrogens (tertiary/aromatic N) is 2. The van der Waals surface area contributed by atoms with E-state index in [1.807, 2.05) is 9.80 Å². The number of aliphatic hydroxyl groups is 10. The molecule has 0 radical (unpaired) electrons. The molecule has 0 heterocycles. The third-order valence-corrected chi connectivity index (χ3v) is 13.7. The molecule has 0 rings (SSSR count). The van der Waals surface area contributed by atoms with Crippen LogP contribution in [0, 0.1) is 0 Å². The van der Waals surface area contributed by atoms with Gasteiger partial charge in [0.25, 0.3) is 0 Å². The normalized spacial score (nSPS) is 15.8. The van der Waals surface area contributed by atoms with Crippen LogP contribution >= 0.6 is 0 Å². The van der Waals surface area contributed by atoms with Crippen molar-refractivity contribution in [3.63, 3.8) is 0 Å². The Morgan fingerprint density at radius 2 is 0.500 bits per heavy atom. The molecule has 0 aliphatic heterocycles. The summed E-state index contributed by atoms with van der Waals surface area (Å²) in [5, 5.41) is 101. The van der Waals surface area contributed by atoms with E-state index in [1.54, 1.807) is 0 Å². The van der Waals surface area contributed by atoms with E-state index in [0.717, 1.165) is 38.5 Å². The standard InChI is InChI=1S/C54H112N2O12/c1-3-5-7-9-11-13-15-17-19-21-23-25-27-29-31-33-35-55(43-47(59)51(63)53(65)49(61)45-57)37-39-67-41-42-68-40-38-56(44-48(60)52(64)54(66)50(62)46-58)36-34-32-30-28-26-24-22-20-18-16-14-12-10-8-6-4-2/h47-54,57-66H,3-46H2,1-2H3/t47-,48-,49+,50+,51+,52+,53+,54+/m0/s1. The lowest BCUT2D eigenvalue weighted by molar-refractivity contribution is -0.120. The molecule has 10 N–H and O–H groups in total. The van der Waals surface area contributed by atoms with Crippen LogP contribution < -0.4 is 0 Å². The molecule has 68 heavy (non-hydrogen) atoms.